The van der Waals surface area contributed by atoms with Crippen LogP contribution in [0.25, 0.3) is 11.1 Å². The number of carboxylic acid groups (broad SMARTS) is 1. The predicted octanol–water partition coefficient (Wildman–Crippen LogP) is 7.30. The molecule has 0 radical (unpaired) electrons. The van der Waals surface area contributed by atoms with E-state index < -0.39 is 30.3 Å². The molecular formula is C31H30F4N2O4S. The second-order valence-electron chi connectivity index (χ2n) is 10.0. The number of benzene rings is 2. The zero-order chi connectivity index (χ0) is 30.6. The maximum Gasteiger partial charge on any atom is 0.449 e. The van der Waals surface area contributed by atoms with Gasteiger partial charge in [0.05, 0.1) is 18.9 Å². The first kappa shape index (κ1) is 31.3. The summed E-state index contributed by atoms with van der Waals surface area (Å²) in [5.74, 6) is -2.83. The molecule has 2 aromatic heterocycles. The monoisotopic (exact) mass is 602 g/mol. The minimum atomic E-state index is -4.58. The minimum Gasteiger partial charge on any atom is -0.481 e. The van der Waals surface area contributed by atoms with E-state index in [9.17, 15) is 27.5 Å². The van der Waals surface area contributed by atoms with Gasteiger partial charge in [0.15, 0.2) is 0 Å². The maximum atomic E-state index is 14.7. The molecule has 0 atom stereocenters. The molecule has 0 spiro atoms. The lowest BCUT2D eigenvalue weighted by Crippen LogP contribution is -2.23. The summed E-state index contributed by atoms with van der Waals surface area (Å²) in [7, 11) is 0. The van der Waals surface area contributed by atoms with Gasteiger partial charge in [0.1, 0.15) is 11.6 Å². The molecule has 0 aliphatic heterocycles. The van der Waals surface area contributed by atoms with E-state index in [1.165, 1.54) is 12.1 Å². The molecule has 222 valence electrons. The summed E-state index contributed by atoms with van der Waals surface area (Å²) in [4.78, 5) is 17.9. The Labute approximate surface area is 245 Å². The van der Waals surface area contributed by atoms with Gasteiger partial charge in [-0.15, -0.1) is 11.8 Å². The van der Waals surface area contributed by atoms with Crippen LogP contribution in [0.4, 0.5) is 17.6 Å². The quantitative estimate of drug-likeness (QED) is 0.138. The molecule has 0 aliphatic carbocycles. The van der Waals surface area contributed by atoms with Crippen LogP contribution in [0.3, 0.4) is 0 Å². The Morgan fingerprint density at radius 3 is 2.26 bits per heavy atom. The number of pyridine rings is 1. The van der Waals surface area contributed by atoms with Crippen molar-refractivity contribution in [1.29, 1.82) is 0 Å². The van der Waals surface area contributed by atoms with E-state index in [-0.39, 0.29) is 23.6 Å². The van der Waals surface area contributed by atoms with Crippen LogP contribution >= 0.6 is 11.8 Å². The third kappa shape index (κ3) is 7.78. The summed E-state index contributed by atoms with van der Waals surface area (Å²) in [5.41, 5.74) is 5.84. The molecule has 0 aliphatic rings. The number of aryl methyl sites for hydroxylation is 3. The van der Waals surface area contributed by atoms with Crippen molar-refractivity contribution in [1.82, 2.24) is 9.88 Å². The van der Waals surface area contributed by atoms with Crippen molar-refractivity contribution < 1.29 is 37.0 Å². The van der Waals surface area contributed by atoms with Crippen LogP contribution in [0.5, 0.6) is 0 Å². The molecular weight excluding hydrogens is 572 g/mol. The van der Waals surface area contributed by atoms with Crippen LogP contribution < -0.4 is 0 Å². The van der Waals surface area contributed by atoms with Gasteiger partial charge in [0.2, 0.25) is 5.76 Å². The highest BCUT2D eigenvalue weighted by atomic mass is 32.2. The summed E-state index contributed by atoms with van der Waals surface area (Å²) in [6.07, 6.45) is -4.58. The van der Waals surface area contributed by atoms with Gasteiger partial charge in [-0.1, -0.05) is 24.3 Å². The average molecular weight is 603 g/mol. The molecule has 2 aromatic carbocycles. The zero-order valence-corrected chi connectivity index (χ0v) is 24.1. The number of alkyl halides is 3. The molecule has 4 aromatic rings. The number of aromatic nitrogens is 1. The van der Waals surface area contributed by atoms with Crippen molar-refractivity contribution in [2.75, 3.05) is 5.75 Å². The van der Waals surface area contributed by atoms with E-state index in [1.54, 1.807) is 18.2 Å². The minimum absolute atomic E-state index is 0.0417. The lowest BCUT2D eigenvalue weighted by atomic mass is 10.0. The summed E-state index contributed by atoms with van der Waals surface area (Å²) in [6, 6.07) is 14.5. The Kier molecular flexibility index (Phi) is 9.75. The van der Waals surface area contributed by atoms with E-state index in [4.69, 9.17) is 9.52 Å². The van der Waals surface area contributed by atoms with Crippen molar-refractivity contribution in [3.8, 4) is 11.1 Å². The number of aliphatic carboxylic acids is 1. The van der Waals surface area contributed by atoms with Crippen LogP contribution in [-0.2, 0) is 37.2 Å². The topological polar surface area (TPSA) is 86.8 Å². The molecule has 6 nitrogen and oxygen atoms in total. The van der Waals surface area contributed by atoms with Gasteiger partial charge < -0.3 is 14.6 Å². The number of nitrogens with zero attached hydrogens (tertiary/aromatic N) is 2. The number of furan rings is 1. The van der Waals surface area contributed by atoms with E-state index in [1.807, 2.05) is 43.9 Å². The first-order valence-corrected chi connectivity index (χ1v) is 14.0. The fourth-order valence-corrected chi connectivity index (χ4v) is 5.60. The fraction of sp³-hybridized carbons (Fsp3) is 0.290. The van der Waals surface area contributed by atoms with Crippen LogP contribution in [0.15, 0.2) is 63.9 Å². The van der Waals surface area contributed by atoms with Crippen molar-refractivity contribution in [2.24, 2.45) is 0 Å². The molecule has 4 rings (SSSR count). The van der Waals surface area contributed by atoms with E-state index in [0.29, 0.717) is 29.1 Å². The number of halogens is 4. The second kappa shape index (κ2) is 13.1. The first-order valence-electron chi connectivity index (χ1n) is 13.0. The molecule has 0 bridgehead atoms. The maximum absolute atomic E-state index is 14.7. The highest BCUT2D eigenvalue weighted by Crippen LogP contribution is 2.33. The largest absolute Gasteiger partial charge is 0.481 e. The molecule has 0 amide bonds. The number of carboxylic acids is 1. The summed E-state index contributed by atoms with van der Waals surface area (Å²) < 4.78 is 59.3. The molecule has 0 unspecified atom stereocenters. The highest BCUT2D eigenvalue weighted by Gasteiger charge is 2.35. The number of aliphatic hydroxyl groups excluding tert-OH is 1. The lowest BCUT2D eigenvalue weighted by Gasteiger charge is -2.24. The molecule has 42 heavy (non-hydrogen) atoms. The lowest BCUT2D eigenvalue weighted by molar-refractivity contribution is -0.153. The molecule has 0 saturated carbocycles. The Bertz CT molecular complexity index is 1550. The third-order valence-corrected chi connectivity index (χ3v) is 7.81. The molecule has 0 fully saturated rings. The third-order valence-electron chi connectivity index (χ3n) is 6.74. The normalized spacial score (nSPS) is 11.8. The predicted molar refractivity (Wildman–Crippen MR) is 151 cm³/mol. The van der Waals surface area contributed by atoms with E-state index in [0.717, 1.165) is 45.9 Å². The number of aliphatic hydroxyl groups is 1. The van der Waals surface area contributed by atoms with E-state index >= 15 is 0 Å². The van der Waals surface area contributed by atoms with Crippen LogP contribution in [0.2, 0.25) is 0 Å². The van der Waals surface area contributed by atoms with Gasteiger partial charge >= 0.3 is 12.1 Å². The number of hydrogen-bond acceptors (Lipinski definition) is 6. The van der Waals surface area contributed by atoms with Crippen molar-refractivity contribution in [3.05, 3.63) is 106 Å². The SMILES string of the molecule is Cc1cc(C)c(CN(Cc2ccc(-c3cc(F)c(CO)c(SCC(=O)O)c3)cc2)Cc2ccc(C(F)(F)F)o2)c(C)n1. The Morgan fingerprint density at radius 1 is 0.952 bits per heavy atom. The Morgan fingerprint density at radius 2 is 1.67 bits per heavy atom. The average Bonchev–Trinajstić information content (AvgIpc) is 3.39. The van der Waals surface area contributed by atoms with Crippen molar-refractivity contribution >= 4 is 17.7 Å². The zero-order valence-electron chi connectivity index (χ0n) is 23.3. The summed E-state index contributed by atoms with van der Waals surface area (Å²) in [6.45, 7) is 6.16. The van der Waals surface area contributed by atoms with Crippen molar-refractivity contribution in [3.63, 3.8) is 0 Å². The Hall–Kier alpha value is -3.67. The van der Waals surface area contributed by atoms with Crippen molar-refractivity contribution in [2.45, 2.75) is 58.1 Å². The van der Waals surface area contributed by atoms with Crippen LogP contribution in [0, 0.1) is 26.6 Å². The van der Waals surface area contributed by atoms with Gasteiger partial charge in [-0.2, -0.15) is 13.2 Å². The smallest absolute Gasteiger partial charge is 0.449 e. The van der Waals surface area contributed by atoms with Gasteiger partial charge in [0.25, 0.3) is 0 Å². The van der Waals surface area contributed by atoms with Gasteiger partial charge in [-0.3, -0.25) is 14.7 Å². The molecule has 0 saturated heterocycles. The van der Waals surface area contributed by atoms with Crippen LogP contribution in [0.1, 0.15) is 45.2 Å². The fourth-order valence-electron chi connectivity index (χ4n) is 4.78. The standard InChI is InChI=1S/C31H30F4N2O4S/c1-18-10-19(2)36-20(3)25(18)15-37(14-24-8-9-29(41-24)31(33,34)35)13-21-4-6-22(7-5-21)23-11-27(32)26(16-38)28(12-23)42-17-30(39)40/h4-12,38H,13-17H2,1-3H3,(H,39,40). The number of rotatable bonds is 11. The highest BCUT2D eigenvalue weighted by molar-refractivity contribution is 8.00. The molecule has 11 heteroatoms. The van der Waals surface area contributed by atoms with Gasteiger partial charge in [-0.25, -0.2) is 4.39 Å². The number of thioether (sulfide) groups is 1. The number of carbonyl (C=O) groups is 1. The summed E-state index contributed by atoms with van der Waals surface area (Å²) >= 11 is 0.932. The van der Waals surface area contributed by atoms with Crippen LogP contribution in [-0.4, -0.2) is 31.8 Å². The molecule has 2 N–H and O–H groups in total. The Balaban J connectivity index is 1.60. The van der Waals surface area contributed by atoms with E-state index in [2.05, 4.69) is 4.98 Å². The second-order valence-corrected chi connectivity index (χ2v) is 11.0. The first-order chi connectivity index (χ1) is 19.8. The number of hydrogen-bond donors (Lipinski definition) is 2. The molecule has 2 heterocycles. The van der Waals surface area contributed by atoms with Gasteiger partial charge in [-0.05, 0) is 78.9 Å². The summed E-state index contributed by atoms with van der Waals surface area (Å²) in [5, 5.41) is 18.6. The van der Waals surface area contributed by atoms with Gasteiger partial charge in [0, 0.05) is 34.9 Å².